The summed E-state index contributed by atoms with van der Waals surface area (Å²) in [4.78, 5) is 10.7. The molecule has 0 aromatic heterocycles. The fraction of sp³-hybridized carbons (Fsp3) is 0.444. The Morgan fingerprint density at radius 1 is 1.42 bits per heavy atom. The van der Waals surface area contributed by atoms with Crippen molar-refractivity contribution in [1.29, 1.82) is 0 Å². The lowest BCUT2D eigenvalue weighted by Crippen LogP contribution is -2.24. The van der Waals surface area contributed by atoms with E-state index in [0.717, 1.165) is 0 Å². The van der Waals surface area contributed by atoms with Crippen LogP contribution in [-0.4, -0.2) is 14.1 Å². The van der Waals surface area contributed by atoms with Crippen LogP contribution in [0.4, 0.5) is 0 Å². The van der Waals surface area contributed by atoms with E-state index in [2.05, 4.69) is 26.2 Å². The Bertz CT molecular complexity index is 211. The van der Waals surface area contributed by atoms with Crippen LogP contribution in [-0.2, 0) is 9.22 Å². The van der Waals surface area contributed by atoms with E-state index in [-0.39, 0.29) is 5.78 Å². The summed E-state index contributed by atoms with van der Waals surface area (Å²) < 4.78 is 5.56. The Morgan fingerprint density at radius 3 is 2.17 bits per heavy atom. The van der Waals surface area contributed by atoms with Gasteiger partial charge in [0.1, 0.15) is 5.76 Å². The van der Waals surface area contributed by atoms with E-state index < -0.39 is 8.32 Å². The summed E-state index contributed by atoms with van der Waals surface area (Å²) in [6.45, 7) is 11.3. The molecule has 2 nitrogen and oxygen atoms in total. The molecule has 0 bridgehead atoms. The molecule has 0 radical (unpaired) electrons. The average Bonchev–Trinajstić information content (AvgIpc) is 1.82. The maximum Gasteiger partial charge on any atom is 0.242 e. The van der Waals surface area contributed by atoms with E-state index >= 15 is 0 Å². The van der Waals surface area contributed by atoms with E-state index in [1.165, 1.54) is 13.0 Å². The summed E-state index contributed by atoms with van der Waals surface area (Å²) in [5.74, 6) is 0.574. The second-order valence-electron chi connectivity index (χ2n) is 3.58. The molecular weight excluding hydrogens is 168 g/mol. The van der Waals surface area contributed by atoms with Crippen LogP contribution in [0, 0.1) is 0 Å². The molecule has 3 heteroatoms. The molecule has 0 rings (SSSR count). The van der Waals surface area contributed by atoms with Crippen LogP contribution in [0.15, 0.2) is 24.5 Å². The van der Waals surface area contributed by atoms with Gasteiger partial charge in [0.05, 0.1) is 0 Å². The number of ketones is 1. The van der Waals surface area contributed by atoms with Gasteiger partial charge in [-0.2, -0.15) is 0 Å². The molecule has 0 aromatic carbocycles. The van der Waals surface area contributed by atoms with Crippen molar-refractivity contribution >= 4 is 14.1 Å². The molecule has 0 heterocycles. The number of carbonyl (C=O) groups is 1. The summed E-state index contributed by atoms with van der Waals surface area (Å²) in [6, 6.07) is 0. The molecule has 0 aliphatic rings. The molecule has 0 N–H and O–H groups in total. The summed E-state index contributed by atoms with van der Waals surface area (Å²) in [7, 11) is -1.60. The van der Waals surface area contributed by atoms with Crippen molar-refractivity contribution in [3.63, 3.8) is 0 Å². The van der Waals surface area contributed by atoms with Gasteiger partial charge >= 0.3 is 0 Å². The molecule has 68 valence electrons. The first kappa shape index (κ1) is 11.2. The number of hydrogen-bond acceptors (Lipinski definition) is 2. The van der Waals surface area contributed by atoms with Gasteiger partial charge in [-0.05, 0) is 32.6 Å². The van der Waals surface area contributed by atoms with E-state index in [4.69, 9.17) is 4.43 Å². The van der Waals surface area contributed by atoms with Crippen molar-refractivity contribution in [2.45, 2.75) is 26.6 Å². The molecule has 0 saturated heterocycles. The summed E-state index contributed by atoms with van der Waals surface area (Å²) in [5, 5.41) is 0. The third kappa shape index (κ3) is 5.92. The lowest BCUT2D eigenvalue weighted by atomic mass is 10.3. The van der Waals surface area contributed by atoms with Gasteiger partial charge in [0.15, 0.2) is 5.78 Å². The smallest absolute Gasteiger partial charge is 0.242 e. The monoisotopic (exact) mass is 184 g/mol. The third-order valence-electron chi connectivity index (χ3n) is 0.971. The predicted molar refractivity (Wildman–Crippen MR) is 53.4 cm³/mol. The van der Waals surface area contributed by atoms with Crippen LogP contribution in [0.5, 0.6) is 0 Å². The SMILES string of the molecule is C=C/C(=C/C(C)=O)O[Si](C)(C)C. The van der Waals surface area contributed by atoms with Crippen molar-refractivity contribution in [2.24, 2.45) is 0 Å². The quantitative estimate of drug-likeness (QED) is 0.290. The number of hydrogen-bond donors (Lipinski definition) is 0. The first-order chi connectivity index (χ1) is 5.35. The van der Waals surface area contributed by atoms with Gasteiger partial charge in [0, 0.05) is 6.08 Å². The van der Waals surface area contributed by atoms with E-state index in [1.807, 2.05) is 0 Å². The highest BCUT2D eigenvalue weighted by Gasteiger charge is 2.16. The zero-order valence-corrected chi connectivity index (χ0v) is 9.18. The topological polar surface area (TPSA) is 26.3 Å². The highest BCUT2D eigenvalue weighted by molar-refractivity contribution is 6.70. The second-order valence-corrected chi connectivity index (χ2v) is 8.00. The molecule has 0 aliphatic heterocycles. The van der Waals surface area contributed by atoms with Crippen molar-refractivity contribution in [1.82, 2.24) is 0 Å². The Labute approximate surface area is 75.1 Å². The highest BCUT2D eigenvalue weighted by Crippen LogP contribution is 2.10. The largest absolute Gasteiger partial charge is 0.544 e. The van der Waals surface area contributed by atoms with Crippen LogP contribution in [0.1, 0.15) is 6.92 Å². The summed E-state index contributed by atoms with van der Waals surface area (Å²) >= 11 is 0. The minimum absolute atomic E-state index is 0.0110. The van der Waals surface area contributed by atoms with Crippen LogP contribution < -0.4 is 0 Å². The molecule has 0 spiro atoms. The normalized spacial score (nSPS) is 12.5. The van der Waals surface area contributed by atoms with E-state index in [9.17, 15) is 4.79 Å². The zero-order chi connectivity index (χ0) is 9.78. The Kier molecular flexibility index (Phi) is 3.96. The second kappa shape index (κ2) is 4.26. The maximum atomic E-state index is 10.7. The standard InChI is InChI=1S/C9H16O2Si/c1-6-9(7-8(2)10)11-12(3,4)5/h6-7H,1H2,2-5H3/b9-7-. The molecule has 0 fully saturated rings. The Morgan fingerprint density at radius 2 is 1.92 bits per heavy atom. The summed E-state index contributed by atoms with van der Waals surface area (Å²) in [5.41, 5.74) is 0. The van der Waals surface area contributed by atoms with Crippen molar-refractivity contribution in [2.75, 3.05) is 0 Å². The fourth-order valence-corrected chi connectivity index (χ4v) is 1.53. The van der Waals surface area contributed by atoms with Crippen LogP contribution >= 0.6 is 0 Å². The van der Waals surface area contributed by atoms with Gasteiger partial charge in [-0.1, -0.05) is 6.58 Å². The lowest BCUT2D eigenvalue weighted by molar-refractivity contribution is -0.112. The van der Waals surface area contributed by atoms with Gasteiger partial charge < -0.3 is 4.43 Å². The number of allylic oxidation sites excluding steroid dienone is 2. The fourth-order valence-electron chi connectivity index (χ4n) is 0.684. The first-order valence-corrected chi connectivity index (χ1v) is 7.29. The molecule has 0 aliphatic carbocycles. The van der Waals surface area contributed by atoms with Crippen molar-refractivity contribution in [3.8, 4) is 0 Å². The molecule has 0 saturated carbocycles. The molecular formula is C9H16O2Si. The van der Waals surface area contributed by atoms with Crippen LogP contribution in [0.2, 0.25) is 19.6 Å². The maximum absolute atomic E-state index is 10.7. The molecule has 0 atom stereocenters. The predicted octanol–water partition coefficient (Wildman–Crippen LogP) is 2.50. The Balaban J connectivity index is 4.39. The minimum Gasteiger partial charge on any atom is -0.544 e. The molecule has 0 amide bonds. The molecule has 0 aromatic rings. The molecule has 12 heavy (non-hydrogen) atoms. The number of carbonyl (C=O) groups excluding carboxylic acids is 1. The van der Waals surface area contributed by atoms with Gasteiger partial charge in [-0.15, -0.1) is 0 Å². The van der Waals surface area contributed by atoms with E-state index in [0.29, 0.717) is 5.76 Å². The van der Waals surface area contributed by atoms with Crippen molar-refractivity contribution < 1.29 is 9.22 Å². The zero-order valence-electron chi connectivity index (χ0n) is 8.18. The summed E-state index contributed by atoms with van der Waals surface area (Å²) in [6.07, 6.45) is 3.03. The van der Waals surface area contributed by atoms with Crippen molar-refractivity contribution in [3.05, 3.63) is 24.5 Å². The van der Waals surface area contributed by atoms with Gasteiger partial charge in [-0.25, -0.2) is 0 Å². The van der Waals surface area contributed by atoms with Gasteiger partial charge in [-0.3, -0.25) is 4.79 Å². The van der Waals surface area contributed by atoms with Gasteiger partial charge in [0.2, 0.25) is 8.32 Å². The van der Waals surface area contributed by atoms with Gasteiger partial charge in [0.25, 0.3) is 0 Å². The first-order valence-electron chi connectivity index (χ1n) is 3.89. The van der Waals surface area contributed by atoms with Crippen LogP contribution in [0.25, 0.3) is 0 Å². The lowest BCUT2D eigenvalue weighted by Gasteiger charge is -2.19. The van der Waals surface area contributed by atoms with E-state index in [1.54, 1.807) is 6.08 Å². The average molecular weight is 184 g/mol. The third-order valence-corrected chi connectivity index (χ3v) is 1.82. The Hall–Kier alpha value is -0.833. The molecule has 0 unspecified atom stereocenters. The highest BCUT2D eigenvalue weighted by atomic mass is 28.4. The minimum atomic E-state index is -1.60. The number of rotatable bonds is 4. The van der Waals surface area contributed by atoms with Crippen LogP contribution in [0.3, 0.4) is 0 Å².